The minimum atomic E-state index is -0.180. The van der Waals surface area contributed by atoms with Crippen molar-refractivity contribution in [2.45, 2.75) is 45.1 Å². The fraction of sp³-hybridized carbons (Fsp3) is 0.318. The van der Waals surface area contributed by atoms with E-state index in [1.54, 1.807) is 22.8 Å². The number of nitrogens with zero attached hydrogens (tertiary/aromatic N) is 2. The van der Waals surface area contributed by atoms with Crippen LogP contribution in [0.4, 0.5) is 10.5 Å². The number of aromatic nitrogens is 2. The summed E-state index contributed by atoms with van der Waals surface area (Å²) in [6, 6.07) is 14.7. The summed E-state index contributed by atoms with van der Waals surface area (Å²) in [4.78, 5) is 29.6. The first kappa shape index (κ1) is 18.2. The van der Waals surface area contributed by atoms with Gasteiger partial charge in [0, 0.05) is 11.7 Å². The molecule has 6 nitrogen and oxygen atoms in total. The Bertz CT molecular complexity index is 1050. The van der Waals surface area contributed by atoms with E-state index in [4.69, 9.17) is 0 Å². The van der Waals surface area contributed by atoms with E-state index < -0.39 is 0 Å². The number of carbonyl (C=O) groups is 1. The molecule has 0 atom stereocenters. The average molecular weight is 376 g/mol. The van der Waals surface area contributed by atoms with E-state index >= 15 is 0 Å². The Labute approximate surface area is 163 Å². The molecule has 0 spiro atoms. The Balaban J connectivity index is 1.53. The first-order valence-corrected chi connectivity index (χ1v) is 9.78. The van der Waals surface area contributed by atoms with Crippen LogP contribution in [0, 0.1) is 6.92 Å². The number of amides is 2. The summed E-state index contributed by atoms with van der Waals surface area (Å²) < 4.78 is 1.59. The third-order valence-corrected chi connectivity index (χ3v) is 5.27. The Morgan fingerprint density at radius 3 is 2.50 bits per heavy atom. The standard InChI is InChI=1S/C22H24N4O2/c1-15-23-20-10-6-5-9-19(20)21(27)26(15)18-13-11-17(12-14-18)25-22(28)24-16-7-3-2-4-8-16/h5-6,9-14,16H,2-4,7-8H2,1H3,(H2,24,25,28). The van der Waals surface area contributed by atoms with Gasteiger partial charge in [-0.25, -0.2) is 9.78 Å². The maximum absolute atomic E-state index is 12.9. The van der Waals surface area contributed by atoms with Crippen LogP contribution >= 0.6 is 0 Å². The second kappa shape index (κ2) is 7.84. The van der Waals surface area contributed by atoms with Crippen molar-refractivity contribution in [1.29, 1.82) is 0 Å². The minimum absolute atomic E-state index is 0.0983. The van der Waals surface area contributed by atoms with Crippen LogP contribution in [0.5, 0.6) is 0 Å². The van der Waals surface area contributed by atoms with Gasteiger partial charge in [0.15, 0.2) is 0 Å². The van der Waals surface area contributed by atoms with Crippen LogP contribution in [0.25, 0.3) is 16.6 Å². The van der Waals surface area contributed by atoms with E-state index in [1.165, 1.54) is 19.3 Å². The predicted molar refractivity (Wildman–Crippen MR) is 111 cm³/mol. The fourth-order valence-electron chi connectivity index (χ4n) is 3.84. The summed E-state index contributed by atoms with van der Waals surface area (Å²) in [6.07, 6.45) is 5.69. The number of hydrogen-bond acceptors (Lipinski definition) is 3. The molecular weight excluding hydrogens is 352 g/mol. The van der Waals surface area contributed by atoms with Crippen molar-refractivity contribution in [3.63, 3.8) is 0 Å². The Hall–Kier alpha value is -3.15. The molecular formula is C22H24N4O2. The lowest BCUT2D eigenvalue weighted by Crippen LogP contribution is -2.39. The van der Waals surface area contributed by atoms with Crippen LogP contribution in [0.2, 0.25) is 0 Å². The summed E-state index contributed by atoms with van der Waals surface area (Å²) >= 11 is 0. The van der Waals surface area contributed by atoms with Gasteiger partial charge in [-0.15, -0.1) is 0 Å². The minimum Gasteiger partial charge on any atom is -0.335 e. The van der Waals surface area contributed by atoms with E-state index in [-0.39, 0.29) is 17.6 Å². The van der Waals surface area contributed by atoms with Gasteiger partial charge in [-0.3, -0.25) is 9.36 Å². The quantitative estimate of drug-likeness (QED) is 0.721. The number of rotatable bonds is 3. The lowest BCUT2D eigenvalue weighted by Gasteiger charge is -2.22. The van der Waals surface area contributed by atoms with Gasteiger partial charge in [-0.05, 0) is 56.2 Å². The third-order valence-electron chi connectivity index (χ3n) is 5.27. The van der Waals surface area contributed by atoms with Gasteiger partial charge in [0.2, 0.25) is 0 Å². The predicted octanol–water partition coefficient (Wildman–Crippen LogP) is 4.15. The molecule has 1 fully saturated rings. The molecule has 0 aliphatic heterocycles. The van der Waals surface area contributed by atoms with Gasteiger partial charge in [0.1, 0.15) is 5.82 Å². The number of benzene rings is 2. The molecule has 1 aliphatic rings. The SMILES string of the molecule is Cc1nc2ccccc2c(=O)n1-c1ccc(NC(=O)NC2CCCCC2)cc1. The molecule has 2 amide bonds. The lowest BCUT2D eigenvalue weighted by molar-refractivity contribution is 0.244. The van der Waals surface area contributed by atoms with E-state index in [9.17, 15) is 9.59 Å². The van der Waals surface area contributed by atoms with Gasteiger partial charge in [0.25, 0.3) is 5.56 Å². The van der Waals surface area contributed by atoms with E-state index in [2.05, 4.69) is 15.6 Å². The van der Waals surface area contributed by atoms with Gasteiger partial charge < -0.3 is 10.6 Å². The highest BCUT2D eigenvalue weighted by Crippen LogP contribution is 2.18. The highest BCUT2D eigenvalue weighted by Gasteiger charge is 2.15. The zero-order chi connectivity index (χ0) is 19.5. The third kappa shape index (κ3) is 3.76. The smallest absolute Gasteiger partial charge is 0.319 e. The van der Waals surface area contributed by atoms with Gasteiger partial charge in [-0.2, -0.15) is 0 Å². The Morgan fingerprint density at radius 2 is 1.75 bits per heavy atom. The zero-order valence-electron chi connectivity index (χ0n) is 15.9. The second-order valence-electron chi connectivity index (χ2n) is 7.30. The van der Waals surface area contributed by atoms with E-state index in [0.717, 1.165) is 18.5 Å². The van der Waals surface area contributed by atoms with Crippen LogP contribution in [0.15, 0.2) is 53.3 Å². The van der Waals surface area contributed by atoms with Crippen molar-refractivity contribution in [2.24, 2.45) is 0 Å². The maximum atomic E-state index is 12.9. The molecule has 3 aromatic rings. The Morgan fingerprint density at radius 1 is 1.04 bits per heavy atom. The molecule has 1 heterocycles. The van der Waals surface area contributed by atoms with Crippen molar-refractivity contribution in [1.82, 2.24) is 14.9 Å². The summed E-state index contributed by atoms with van der Waals surface area (Å²) in [7, 11) is 0. The van der Waals surface area contributed by atoms with Crippen molar-refractivity contribution < 1.29 is 4.79 Å². The fourth-order valence-corrected chi connectivity index (χ4v) is 3.84. The number of carbonyl (C=O) groups excluding carboxylic acids is 1. The summed E-state index contributed by atoms with van der Waals surface area (Å²) in [5.74, 6) is 0.624. The monoisotopic (exact) mass is 376 g/mol. The number of aryl methyl sites for hydroxylation is 1. The largest absolute Gasteiger partial charge is 0.335 e. The molecule has 28 heavy (non-hydrogen) atoms. The number of nitrogens with one attached hydrogen (secondary N) is 2. The summed E-state index contributed by atoms with van der Waals surface area (Å²) in [5, 5.41) is 6.50. The highest BCUT2D eigenvalue weighted by molar-refractivity contribution is 5.89. The molecule has 0 bridgehead atoms. The van der Waals surface area contributed by atoms with E-state index in [1.807, 2.05) is 37.3 Å². The van der Waals surface area contributed by atoms with Crippen LogP contribution in [0.1, 0.15) is 37.9 Å². The van der Waals surface area contributed by atoms with Crippen molar-refractivity contribution in [3.8, 4) is 5.69 Å². The van der Waals surface area contributed by atoms with Crippen molar-refractivity contribution in [3.05, 3.63) is 64.7 Å². The summed E-state index contributed by atoms with van der Waals surface area (Å²) in [6.45, 7) is 1.82. The lowest BCUT2D eigenvalue weighted by atomic mass is 9.96. The first-order chi connectivity index (χ1) is 13.6. The van der Waals surface area contributed by atoms with Crippen LogP contribution in [-0.2, 0) is 0 Å². The number of anilines is 1. The average Bonchev–Trinajstić information content (AvgIpc) is 2.70. The molecule has 4 rings (SSSR count). The summed E-state index contributed by atoms with van der Waals surface area (Å²) in [5.41, 5.74) is 2.01. The normalized spacial score (nSPS) is 14.8. The zero-order valence-corrected chi connectivity index (χ0v) is 15.9. The molecule has 0 radical (unpaired) electrons. The Kier molecular flexibility index (Phi) is 5.10. The number of fused-ring (bicyclic) bond motifs is 1. The molecule has 1 saturated carbocycles. The first-order valence-electron chi connectivity index (χ1n) is 9.78. The topological polar surface area (TPSA) is 76.0 Å². The van der Waals surface area contributed by atoms with Gasteiger partial charge >= 0.3 is 6.03 Å². The van der Waals surface area contributed by atoms with E-state index in [0.29, 0.717) is 22.4 Å². The molecule has 144 valence electrons. The molecule has 1 aromatic heterocycles. The van der Waals surface area contributed by atoms with Crippen LogP contribution in [0.3, 0.4) is 0 Å². The van der Waals surface area contributed by atoms with Crippen molar-refractivity contribution in [2.75, 3.05) is 5.32 Å². The van der Waals surface area contributed by atoms with Crippen LogP contribution in [-0.4, -0.2) is 21.6 Å². The molecule has 6 heteroatoms. The molecule has 1 aliphatic carbocycles. The molecule has 0 saturated heterocycles. The highest BCUT2D eigenvalue weighted by atomic mass is 16.2. The van der Waals surface area contributed by atoms with Crippen LogP contribution < -0.4 is 16.2 Å². The molecule has 0 unspecified atom stereocenters. The molecule has 2 N–H and O–H groups in total. The number of hydrogen-bond donors (Lipinski definition) is 2. The van der Waals surface area contributed by atoms with Crippen molar-refractivity contribution >= 4 is 22.6 Å². The van der Waals surface area contributed by atoms with Gasteiger partial charge in [0.05, 0.1) is 16.6 Å². The maximum Gasteiger partial charge on any atom is 0.319 e. The number of para-hydroxylation sites is 1. The van der Waals surface area contributed by atoms with Gasteiger partial charge in [-0.1, -0.05) is 31.4 Å². The second-order valence-corrected chi connectivity index (χ2v) is 7.30. The molecule has 2 aromatic carbocycles. The number of urea groups is 1.